The van der Waals surface area contributed by atoms with Crippen molar-refractivity contribution in [1.82, 2.24) is 4.90 Å². The molecule has 84 valence electrons. The van der Waals surface area contributed by atoms with Crippen molar-refractivity contribution in [3.8, 4) is 6.07 Å². The smallest absolute Gasteiger partial charge is 0.128 e. The van der Waals surface area contributed by atoms with Crippen LogP contribution in [0.1, 0.15) is 30.9 Å². The van der Waals surface area contributed by atoms with Crippen molar-refractivity contribution in [2.45, 2.75) is 25.8 Å². The minimum Gasteiger partial charge on any atom is -0.300 e. The van der Waals surface area contributed by atoms with E-state index in [2.05, 4.69) is 18.7 Å². The van der Waals surface area contributed by atoms with Crippen LogP contribution in [-0.2, 0) is 0 Å². The van der Waals surface area contributed by atoms with Gasteiger partial charge < -0.3 is 0 Å². The first-order chi connectivity index (χ1) is 7.61. The van der Waals surface area contributed by atoms with Crippen molar-refractivity contribution in [2.75, 3.05) is 13.1 Å². The molecule has 0 amide bonds. The molecule has 0 spiro atoms. The summed E-state index contributed by atoms with van der Waals surface area (Å²) in [7, 11) is 0. The monoisotopic (exact) mass is 218 g/mol. The van der Waals surface area contributed by atoms with Crippen molar-refractivity contribution in [3.05, 3.63) is 35.1 Å². The fourth-order valence-electron chi connectivity index (χ4n) is 2.06. The zero-order chi connectivity index (χ0) is 11.7. The van der Waals surface area contributed by atoms with Crippen LogP contribution in [0.4, 0.5) is 4.39 Å². The van der Waals surface area contributed by atoms with Crippen LogP contribution in [0.5, 0.6) is 0 Å². The number of rotatable bonds is 2. The Hall–Kier alpha value is -1.40. The summed E-state index contributed by atoms with van der Waals surface area (Å²) in [5.74, 6) is 0.0441. The first-order valence-electron chi connectivity index (χ1n) is 5.55. The first-order valence-corrected chi connectivity index (χ1v) is 5.55. The highest BCUT2D eigenvalue weighted by atomic mass is 19.1. The molecular weight excluding hydrogens is 203 g/mol. The minimum absolute atomic E-state index is 0.243. The Morgan fingerprint density at radius 2 is 2.12 bits per heavy atom. The summed E-state index contributed by atoms with van der Waals surface area (Å²) in [6, 6.07) is 7.24. The van der Waals surface area contributed by atoms with Gasteiger partial charge in [0, 0.05) is 25.0 Å². The Kier molecular flexibility index (Phi) is 2.93. The van der Waals surface area contributed by atoms with Gasteiger partial charge in [-0.15, -0.1) is 0 Å². The topological polar surface area (TPSA) is 27.0 Å². The van der Waals surface area contributed by atoms with E-state index in [1.807, 2.05) is 6.07 Å². The number of nitriles is 1. The fraction of sp³-hybridized carbons (Fsp3) is 0.462. The molecule has 1 saturated heterocycles. The maximum Gasteiger partial charge on any atom is 0.128 e. The van der Waals surface area contributed by atoms with Gasteiger partial charge in [0.25, 0.3) is 0 Å². The number of hydrogen-bond acceptors (Lipinski definition) is 2. The number of hydrogen-bond donors (Lipinski definition) is 0. The van der Waals surface area contributed by atoms with Gasteiger partial charge in [0.15, 0.2) is 0 Å². The highest BCUT2D eigenvalue weighted by molar-refractivity contribution is 5.35. The molecule has 0 aliphatic carbocycles. The molecule has 0 N–H and O–H groups in total. The quantitative estimate of drug-likeness (QED) is 0.762. The molecule has 2 nitrogen and oxygen atoms in total. The van der Waals surface area contributed by atoms with Crippen LogP contribution in [0.2, 0.25) is 0 Å². The van der Waals surface area contributed by atoms with Crippen LogP contribution >= 0.6 is 0 Å². The molecule has 1 heterocycles. The summed E-state index contributed by atoms with van der Waals surface area (Å²) in [6.45, 7) is 6.12. The molecule has 1 aromatic rings. The van der Waals surface area contributed by atoms with E-state index in [9.17, 15) is 4.39 Å². The third-order valence-electron chi connectivity index (χ3n) is 3.21. The summed E-state index contributed by atoms with van der Waals surface area (Å²) in [5, 5.41) is 8.65. The summed E-state index contributed by atoms with van der Waals surface area (Å²) >= 11 is 0. The van der Waals surface area contributed by atoms with E-state index in [1.165, 1.54) is 6.07 Å². The molecule has 1 aliphatic rings. The third-order valence-corrected chi connectivity index (χ3v) is 3.21. The van der Waals surface area contributed by atoms with E-state index in [0.29, 0.717) is 11.6 Å². The second kappa shape index (κ2) is 4.23. The summed E-state index contributed by atoms with van der Waals surface area (Å²) < 4.78 is 13.7. The van der Waals surface area contributed by atoms with Gasteiger partial charge in [0.2, 0.25) is 0 Å². The minimum atomic E-state index is -0.243. The van der Waals surface area contributed by atoms with Crippen molar-refractivity contribution in [1.29, 1.82) is 5.26 Å². The van der Waals surface area contributed by atoms with Gasteiger partial charge in [-0.05, 0) is 31.5 Å². The zero-order valence-electron chi connectivity index (χ0n) is 9.57. The molecule has 1 fully saturated rings. The van der Waals surface area contributed by atoms with Crippen molar-refractivity contribution < 1.29 is 4.39 Å². The maximum absolute atomic E-state index is 13.7. The molecule has 1 aromatic carbocycles. The number of benzene rings is 1. The second-order valence-corrected chi connectivity index (χ2v) is 4.59. The standard InChI is InChI=1S/C13H15FN2/c1-9(2)16-7-11(8-16)12-4-3-10(6-15)5-13(12)14/h3-5,9,11H,7-8H2,1-2H3. The molecule has 0 aromatic heterocycles. The van der Waals surface area contributed by atoms with Crippen molar-refractivity contribution >= 4 is 0 Å². The van der Waals surface area contributed by atoms with Crippen molar-refractivity contribution in [2.24, 2.45) is 0 Å². The van der Waals surface area contributed by atoms with E-state index >= 15 is 0 Å². The van der Waals surface area contributed by atoms with Crippen LogP contribution in [0, 0.1) is 17.1 Å². The third kappa shape index (κ3) is 1.94. The zero-order valence-corrected chi connectivity index (χ0v) is 9.57. The lowest BCUT2D eigenvalue weighted by Crippen LogP contribution is -2.48. The van der Waals surface area contributed by atoms with E-state index in [0.717, 1.165) is 18.7 Å². The van der Waals surface area contributed by atoms with E-state index in [-0.39, 0.29) is 11.7 Å². The first kappa shape index (κ1) is 11.1. The molecule has 0 bridgehead atoms. The molecule has 16 heavy (non-hydrogen) atoms. The maximum atomic E-state index is 13.7. The average Bonchev–Trinajstić information content (AvgIpc) is 2.17. The van der Waals surface area contributed by atoms with E-state index in [4.69, 9.17) is 5.26 Å². The molecule has 0 unspecified atom stereocenters. The highest BCUT2D eigenvalue weighted by Gasteiger charge is 2.31. The molecule has 0 radical (unpaired) electrons. The lowest BCUT2D eigenvalue weighted by molar-refractivity contribution is 0.108. The van der Waals surface area contributed by atoms with Gasteiger partial charge in [-0.2, -0.15) is 5.26 Å². The van der Waals surface area contributed by atoms with Crippen LogP contribution in [-0.4, -0.2) is 24.0 Å². The van der Waals surface area contributed by atoms with E-state index in [1.54, 1.807) is 12.1 Å². The Morgan fingerprint density at radius 1 is 1.44 bits per heavy atom. The van der Waals surface area contributed by atoms with Gasteiger partial charge in [-0.3, -0.25) is 4.90 Å². The molecule has 2 rings (SSSR count). The Morgan fingerprint density at radius 3 is 2.62 bits per heavy atom. The Labute approximate surface area is 95.3 Å². The Balaban J connectivity index is 2.10. The summed E-state index contributed by atoms with van der Waals surface area (Å²) in [4.78, 5) is 2.31. The van der Waals surface area contributed by atoms with Crippen LogP contribution in [0.15, 0.2) is 18.2 Å². The fourth-order valence-corrected chi connectivity index (χ4v) is 2.06. The summed E-state index contributed by atoms with van der Waals surface area (Å²) in [5.41, 5.74) is 1.14. The predicted molar refractivity (Wildman–Crippen MR) is 60.6 cm³/mol. The van der Waals surface area contributed by atoms with Gasteiger partial charge >= 0.3 is 0 Å². The van der Waals surface area contributed by atoms with Gasteiger partial charge in [0.1, 0.15) is 5.82 Å². The highest BCUT2D eigenvalue weighted by Crippen LogP contribution is 2.30. The van der Waals surface area contributed by atoms with Gasteiger partial charge in [-0.25, -0.2) is 4.39 Å². The second-order valence-electron chi connectivity index (χ2n) is 4.59. The van der Waals surface area contributed by atoms with E-state index < -0.39 is 0 Å². The Bertz CT molecular complexity index is 428. The lowest BCUT2D eigenvalue weighted by atomic mass is 9.89. The number of halogens is 1. The number of likely N-dealkylation sites (tertiary alicyclic amines) is 1. The number of nitrogens with zero attached hydrogens (tertiary/aromatic N) is 2. The predicted octanol–water partition coefficient (Wildman–Crippen LogP) is 2.50. The van der Waals surface area contributed by atoms with Crippen LogP contribution < -0.4 is 0 Å². The normalized spacial score (nSPS) is 17.2. The van der Waals surface area contributed by atoms with Crippen LogP contribution in [0.3, 0.4) is 0 Å². The SMILES string of the molecule is CC(C)N1CC(c2ccc(C#N)cc2F)C1. The van der Waals surface area contributed by atoms with Gasteiger partial charge in [-0.1, -0.05) is 6.07 Å². The molecular formula is C13H15FN2. The van der Waals surface area contributed by atoms with Crippen LogP contribution in [0.25, 0.3) is 0 Å². The van der Waals surface area contributed by atoms with Gasteiger partial charge in [0.05, 0.1) is 11.6 Å². The molecule has 1 aliphatic heterocycles. The summed E-state index contributed by atoms with van der Waals surface area (Å²) in [6.07, 6.45) is 0. The van der Waals surface area contributed by atoms with Crippen molar-refractivity contribution in [3.63, 3.8) is 0 Å². The lowest BCUT2D eigenvalue weighted by Gasteiger charge is -2.42. The molecule has 0 saturated carbocycles. The molecule has 0 atom stereocenters. The largest absolute Gasteiger partial charge is 0.300 e. The molecule has 3 heteroatoms. The average molecular weight is 218 g/mol.